The fourth-order valence-corrected chi connectivity index (χ4v) is 2.53. The molecule has 0 N–H and O–H groups in total. The number of nitrogens with zero attached hydrogens (tertiary/aromatic N) is 4. The molecular weight excluding hydrogens is 288 g/mol. The molecule has 0 spiro atoms. The van der Waals surface area contributed by atoms with Gasteiger partial charge in [0.05, 0.1) is 22.5 Å². The molecule has 0 atom stereocenters. The van der Waals surface area contributed by atoms with Crippen LogP contribution in [0, 0.1) is 6.92 Å². The van der Waals surface area contributed by atoms with Crippen LogP contribution < -0.4 is 0 Å². The van der Waals surface area contributed by atoms with Crippen LogP contribution in [-0.2, 0) is 5.21 Å². The van der Waals surface area contributed by atoms with Gasteiger partial charge in [0.2, 0.25) is 0 Å². The van der Waals surface area contributed by atoms with E-state index in [-0.39, 0.29) is 0 Å². The third-order valence-corrected chi connectivity index (χ3v) is 4.78. The SMILES string of the molecule is Cc1ccnc(-c2cc(C3=NC(C)(C)C(C)(C)N3[O])ccn2)c1. The fraction of sp³-hybridized carbons (Fsp3) is 0.389. The molecule has 0 fully saturated rings. The van der Waals surface area contributed by atoms with E-state index >= 15 is 0 Å². The Balaban J connectivity index is 2.05. The molecule has 0 aromatic carbocycles. The summed E-state index contributed by atoms with van der Waals surface area (Å²) >= 11 is 0. The van der Waals surface area contributed by atoms with Crippen molar-refractivity contribution in [3.63, 3.8) is 0 Å². The monoisotopic (exact) mass is 309 g/mol. The van der Waals surface area contributed by atoms with Gasteiger partial charge in [0.25, 0.3) is 0 Å². The van der Waals surface area contributed by atoms with Gasteiger partial charge in [0, 0.05) is 18.0 Å². The summed E-state index contributed by atoms with van der Waals surface area (Å²) in [6.07, 6.45) is 3.46. The minimum absolute atomic E-state index is 0.449. The lowest BCUT2D eigenvalue weighted by Crippen LogP contribution is -2.50. The zero-order valence-corrected chi connectivity index (χ0v) is 14.2. The smallest absolute Gasteiger partial charge is 0.159 e. The van der Waals surface area contributed by atoms with Crippen LogP contribution in [0.4, 0.5) is 0 Å². The Morgan fingerprint density at radius 3 is 2.13 bits per heavy atom. The van der Waals surface area contributed by atoms with Crippen LogP contribution in [-0.4, -0.2) is 31.9 Å². The molecule has 23 heavy (non-hydrogen) atoms. The van der Waals surface area contributed by atoms with Crippen LogP contribution in [0.5, 0.6) is 0 Å². The average Bonchev–Trinajstić information content (AvgIpc) is 2.67. The molecule has 0 bridgehead atoms. The average molecular weight is 309 g/mol. The van der Waals surface area contributed by atoms with Gasteiger partial charge in [0.1, 0.15) is 0 Å². The van der Waals surface area contributed by atoms with Gasteiger partial charge in [-0.1, -0.05) is 5.21 Å². The Kier molecular flexibility index (Phi) is 3.48. The van der Waals surface area contributed by atoms with Crippen molar-refractivity contribution < 1.29 is 5.21 Å². The number of aryl methyl sites for hydroxylation is 1. The molecule has 2 aromatic heterocycles. The second-order valence-electron chi connectivity index (χ2n) is 7.00. The third kappa shape index (κ3) is 2.51. The van der Waals surface area contributed by atoms with Gasteiger partial charge < -0.3 is 0 Å². The van der Waals surface area contributed by atoms with E-state index in [1.165, 1.54) is 0 Å². The quantitative estimate of drug-likeness (QED) is 0.854. The summed E-state index contributed by atoms with van der Waals surface area (Å²) in [5.41, 5.74) is 2.38. The van der Waals surface area contributed by atoms with Gasteiger partial charge in [-0.25, -0.2) is 0 Å². The van der Waals surface area contributed by atoms with E-state index in [0.29, 0.717) is 5.84 Å². The molecule has 3 rings (SSSR count). The Morgan fingerprint density at radius 1 is 0.957 bits per heavy atom. The highest BCUT2D eigenvalue weighted by molar-refractivity contribution is 6.00. The van der Waals surface area contributed by atoms with Crippen molar-refractivity contribution in [3.05, 3.63) is 47.8 Å². The van der Waals surface area contributed by atoms with Crippen molar-refractivity contribution in [1.29, 1.82) is 0 Å². The number of hydroxylamine groups is 2. The van der Waals surface area contributed by atoms with Gasteiger partial charge in [-0.3, -0.25) is 15.0 Å². The van der Waals surface area contributed by atoms with E-state index in [0.717, 1.165) is 27.6 Å². The molecule has 0 saturated carbocycles. The zero-order valence-electron chi connectivity index (χ0n) is 14.2. The molecule has 119 valence electrons. The highest BCUT2D eigenvalue weighted by atomic mass is 16.5. The number of rotatable bonds is 2. The molecule has 0 amide bonds. The van der Waals surface area contributed by atoms with Crippen LogP contribution in [0.25, 0.3) is 11.4 Å². The number of aromatic nitrogens is 2. The number of amidine groups is 1. The number of hydrogen-bond acceptors (Lipinski definition) is 4. The zero-order chi connectivity index (χ0) is 16.8. The molecule has 2 aromatic rings. The maximum absolute atomic E-state index is 12.7. The molecule has 5 heteroatoms. The van der Waals surface area contributed by atoms with Crippen LogP contribution in [0.1, 0.15) is 38.8 Å². The molecule has 1 aliphatic heterocycles. The number of pyridine rings is 2. The topological polar surface area (TPSA) is 61.3 Å². The van der Waals surface area contributed by atoms with Gasteiger partial charge in [-0.15, -0.1) is 0 Å². The van der Waals surface area contributed by atoms with Gasteiger partial charge in [0.15, 0.2) is 5.84 Å². The summed E-state index contributed by atoms with van der Waals surface area (Å²) in [5.74, 6) is 0.455. The van der Waals surface area contributed by atoms with Crippen molar-refractivity contribution in [2.24, 2.45) is 4.99 Å². The van der Waals surface area contributed by atoms with E-state index in [1.807, 2.05) is 58.9 Å². The Labute approximate surface area is 136 Å². The fourth-order valence-electron chi connectivity index (χ4n) is 2.53. The van der Waals surface area contributed by atoms with Crippen LogP contribution in [0.3, 0.4) is 0 Å². The third-order valence-electron chi connectivity index (χ3n) is 4.78. The van der Waals surface area contributed by atoms with Gasteiger partial charge >= 0.3 is 0 Å². The van der Waals surface area contributed by atoms with E-state index in [4.69, 9.17) is 0 Å². The van der Waals surface area contributed by atoms with Gasteiger partial charge in [-0.2, -0.15) is 5.06 Å². The van der Waals surface area contributed by atoms with Crippen molar-refractivity contribution in [3.8, 4) is 11.4 Å². The first-order chi connectivity index (χ1) is 10.7. The Hall–Kier alpha value is -2.27. The van der Waals surface area contributed by atoms with Gasteiger partial charge in [-0.05, 0) is 64.4 Å². The Bertz CT molecular complexity index is 780. The molecule has 1 aliphatic rings. The van der Waals surface area contributed by atoms with Crippen molar-refractivity contribution in [2.45, 2.75) is 45.7 Å². The molecule has 1 radical (unpaired) electrons. The normalized spacial score (nSPS) is 18.9. The lowest BCUT2D eigenvalue weighted by Gasteiger charge is -2.35. The maximum atomic E-state index is 12.7. The Morgan fingerprint density at radius 2 is 1.57 bits per heavy atom. The largest absolute Gasteiger partial charge is 0.257 e. The molecule has 0 unspecified atom stereocenters. The lowest BCUT2D eigenvalue weighted by molar-refractivity contribution is -0.158. The maximum Gasteiger partial charge on any atom is 0.159 e. The van der Waals surface area contributed by atoms with Crippen molar-refractivity contribution in [1.82, 2.24) is 15.0 Å². The molecular formula is C18H21N4O. The lowest BCUT2D eigenvalue weighted by atomic mass is 9.84. The molecule has 0 aliphatic carbocycles. The van der Waals surface area contributed by atoms with Crippen LogP contribution in [0.2, 0.25) is 0 Å². The minimum Gasteiger partial charge on any atom is -0.257 e. The second kappa shape index (κ2) is 5.13. The first kappa shape index (κ1) is 15.6. The highest BCUT2D eigenvalue weighted by Crippen LogP contribution is 2.38. The van der Waals surface area contributed by atoms with Crippen molar-refractivity contribution in [2.75, 3.05) is 0 Å². The minimum atomic E-state index is -0.590. The second-order valence-corrected chi connectivity index (χ2v) is 7.00. The van der Waals surface area contributed by atoms with Crippen LogP contribution in [0.15, 0.2) is 41.7 Å². The summed E-state index contributed by atoms with van der Waals surface area (Å²) in [4.78, 5) is 13.4. The highest BCUT2D eigenvalue weighted by Gasteiger charge is 2.50. The summed E-state index contributed by atoms with van der Waals surface area (Å²) < 4.78 is 0. The van der Waals surface area contributed by atoms with E-state index in [2.05, 4.69) is 15.0 Å². The van der Waals surface area contributed by atoms with Crippen LogP contribution >= 0.6 is 0 Å². The van der Waals surface area contributed by atoms with Crippen molar-refractivity contribution >= 4 is 5.84 Å². The predicted molar refractivity (Wildman–Crippen MR) is 89.4 cm³/mol. The van der Waals surface area contributed by atoms with E-state index in [9.17, 15) is 5.21 Å². The number of hydrogen-bond donors (Lipinski definition) is 0. The molecule has 3 heterocycles. The predicted octanol–water partition coefficient (Wildman–Crippen LogP) is 3.42. The summed E-state index contributed by atoms with van der Waals surface area (Å²) in [6.45, 7) is 9.81. The van der Waals surface area contributed by atoms with E-state index < -0.39 is 11.1 Å². The standard InChI is InChI=1S/C18H21N4O/c1-12-6-8-19-14(10-12)15-11-13(7-9-20-15)16-21-17(2,3)18(4,5)22(16)23/h6-11H,1-5H3. The first-order valence-electron chi connectivity index (χ1n) is 7.69. The molecule has 0 saturated heterocycles. The summed E-state index contributed by atoms with van der Waals surface area (Å²) in [5, 5.41) is 13.7. The molecule has 5 nitrogen and oxygen atoms in total. The van der Waals surface area contributed by atoms with E-state index in [1.54, 1.807) is 12.4 Å². The number of aliphatic imine (C=N–C) groups is 1. The summed E-state index contributed by atoms with van der Waals surface area (Å²) in [7, 11) is 0. The summed E-state index contributed by atoms with van der Waals surface area (Å²) in [6, 6.07) is 7.62. The first-order valence-corrected chi connectivity index (χ1v) is 7.69.